The maximum atomic E-state index is 13.6. The van der Waals surface area contributed by atoms with Crippen LogP contribution in [0.2, 0.25) is 5.02 Å². The molecule has 21 heavy (non-hydrogen) atoms. The number of aliphatic hydroxyl groups is 1. The number of aliphatic hydroxyl groups excluding tert-OH is 1. The van der Waals surface area contributed by atoms with Crippen molar-refractivity contribution in [1.29, 1.82) is 0 Å². The minimum Gasteiger partial charge on any atom is -0.388 e. The van der Waals surface area contributed by atoms with Crippen molar-refractivity contribution in [2.45, 2.75) is 51.6 Å². The van der Waals surface area contributed by atoms with Gasteiger partial charge in [-0.3, -0.25) is 0 Å². The molecule has 0 spiro atoms. The van der Waals surface area contributed by atoms with Gasteiger partial charge in [0, 0.05) is 16.0 Å². The van der Waals surface area contributed by atoms with Crippen LogP contribution >= 0.6 is 11.6 Å². The van der Waals surface area contributed by atoms with Gasteiger partial charge in [-0.15, -0.1) is 0 Å². The lowest BCUT2D eigenvalue weighted by Gasteiger charge is -2.62. The Hall–Kier alpha value is -0.600. The van der Waals surface area contributed by atoms with Gasteiger partial charge in [0.2, 0.25) is 0 Å². The van der Waals surface area contributed by atoms with Gasteiger partial charge in [-0.1, -0.05) is 18.5 Å². The molecule has 1 nitrogen and oxygen atoms in total. The molecule has 3 heteroatoms. The largest absolute Gasteiger partial charge is 0.388 e. The lowest BCUT2D eigenvalue weighted by atomic mass is 9.43. The molecule has 1 N–H and O–H groups in total. The molecule has 3 atom stereocenters. The molecule has 1 aromatic carbocycles. The van der Waals surface area contributed by atoms with Gasteiger partial charge in [0.1, 0.15) is 5.82 Å². The standard InChI is InChI=1S/C18H22ClFO/c1-17-6-11-4-12(7-17)9-18(8-11,10-17)16(21)14-5-13(20)2-3-15(14)19/h2-3,5,11-12,16,21H,4,6-10H2,1H3. The quantitative estimate of drug-likeness (QED) is 0.804. The Bertz CT molecular complexity index is 571. The van der Waals surface area contributed by atoms with E-state index >= 15 is 0 Å². The molecule has 4 fully saturated rings. The lowest BCUT2D eigenvalue weighted by Crippen LogP contribution is -2.53. The van der Waals surface area contributed by atoms with Crippen molar-refractivity contribution in [3.63, 3.8) is 0 Å². The summed E-state index contributed by atoms with van der Waals surface area (Å²) in [6.07, 6.45) is 6.50. The highest BCUT2D eigenvalue weighted by Gasteiger charge is 2.58. The first kappa shape index (κ1) is 14.0. The SMILES string of the molecule is CC12CC3CC(C1)CC(C(O)c1cc(F)ccc1Cl)(C3)C2. The van der Waals surface area contributed by atoms with E-state index in [4.69, 9.17) is 11.6 Å². The molecule has 4 bridgehead atoms. The van der Waals surface area contributed by atoms with E-state index in [2.05, 4.69) is 6.92 Å². The second kappa shape index (κ2) is 4.45. The average Bonchev–Trinajstić information content (AvgIpc) is 2.38. The van der Waals surface area contributed by atoms with Crippen molar-refractivity contribution in [3.05, 3.63) is 34.6 Å². The van der Waals surface area contributed by atoms with Gasteiger partial charge in [-0.2, -0.15) is 0 Å². The third-order valence-corrected chi connectivity index (χ3v) is 6.58. The summed E-state index contributed by atoms with van der Waals surface area (Å²) in [7, 11) is 0. The molecule has 0 saturated heterocycles. The predicted molar refractivity (Wildman–Crippen MR) is 81.6 cm³/mol. The third kappa shape index (κ3) is 2.14. The molecule has 5 rings (SSSR count). The summed E-state index contributed by atoms with van der Waals surface area (Å²) in [5, 5.41) is 11.5. The highest BCUT2D eigenvalue weighted by atomic mass is 35.5. The van der Waals surface area contributed by atoms with Crippen molar-refractivity contribution >= 4 is 11.6 Å². The fourth-order valence-corrected chi connectivity index (χ4v) is 6.39. The zero-order valence-corrected chi connectivity index (χ0v) is 13.2. The van der Waals surface area contributed by atoms with E-state index in [9.17, 15) is 9.50 Å². The van der Waals surface area contributed by atoms with Crippen LogP contribution in [0.3, 0.4) is 0 Å². The molecule has 0 radical (unpaired) electrons. The molecule has 0 aromatic heterocycles. The number of halogens is 2. The first-order valence-electron chi connectivity index (χ1n) is 8.02. The van der Waals surface area contributed by atoms with E-state index < -0.39 is 6.10 Å². The Kier molecular flexibility index (Phi) is 2.97. The Balaban J connectivity index is 1.73. The Morgan fingerprint density at radius 1 is 1.24 bits per heavy atom. The summed E-state index contributed by atoms with van der Waals surface area (Å²) >= 11 is 6.24. The predicted octanol–water partition coefficient (Wildman–Crippen LogP) is 5.12. The molecule has 4 aliphatic rings. The van der Waals surface area contributed by atoms with Crippen LogP contribution in [0.5, 0.6) is 0 Å². The molecule has 0 aliphatic heterocycles. The molecule has 1 aromatic rings. The minimum atomic E-state index is -0.633. The normalized spacial score (nSPS) is 42.3. The summed E-state index contributed by atoms with van der Waals surface area (Å²) in [6, 6.07) is 4.35. The van der Waals surface area contributed by atoms with Gasteiger partial charge >= 0.3 is 0 Å². The first-order valence-corrected chi connectivity index (χ1v) is 8.40. The summed E-state index contributed by atoms with van der Waals surface area (Å²) < 4.78 is 13.6. The second-order valence-electron chi connectivity index (χ2n) is 8.20. The second-order valence-corrected chi connectivity index (χ2v) is 8.61. The molecule has 114 valence electrons. The zero-order valence-electron chi connectivity index (χ0n) is 12.4. The average molecular weight is 309 g/mol. The topological polar surface area (TPSA) is 20.2 Å². The molecular weight excluding hydrogens is 287 g/mol. The first-order chi connectivity index (χ1) is 9.89. The van der Waals surface area contributed by atoms with Crippen LogP contribution < -0.4 is 0 Å². The van der Waals surface area contributed by atoms with E-state index in [-0.39, 0.29) is 11.2 Å². The summed E-state index contributed by atoms with van der Waals surface area (Å²) in [5.74, 6) is 1.15. The van der Waals surface area contributed by atoms with E-state index in [1.54, 1.807) is 6.07 Å². The minimum absolute atomic E-state index is 0.0870. The van der Waals surface area contributed by atoms with Gasteiger partial charge in [-0.05, 0) is 74.0 Å². The van der Waals surface area contributed by atoms with Gasteiger partial charge in [0.25, 0.3) is 0 Å². The Morgan fingerprint density at radius 2 is 1.90 bits per heavy atom. The van der Waals surface area contributed by atoms with Crippen LogP contribution in [-0.2, 0) is 0 Å². The fraction of sp³-hybridized carbons (Fsp3) is 0.667. The Morgan fingerprint density at radius 3 is 2.52 bits per heavy atom. The van der Waals surface area contributed by atoms with E-state index in [1.807, 2.05) is 0 Å². The molecular formula is C18H22ClFO. The van der Waals surface area contributed by atoms with Gasteiger partial charge in [0.05, 0.1) is 6.10 Å². The van der Waals surface area contributed by atoms with Crippen molar-refractivity contribution in [3.8, 4) is 0 Å². The number of benzene rings is 1. The highest BCUT2D eigenvalue weighted by molar-refractivity contribution is 6.31. The van der Waals surface area contributed by atoms with Crippen LogP contribution in [0.1, 0.15) is 57.1 Å². The Labute approximate surface area is 130 Å². The van der Waals surface area contributed by atoms with Crippen molar-refractivity contribution < 1.29 is 9.50 Å². The van der Waals surface area contributed by atoms with Crippen LogP contribution in [0, 0.1) is 28.5 Å². The van der Waals surface area contributed by atoms with Gasteiger partial charge in [0.15, 0.2) is 0 Å². The molecule has 3 unspecified atom stereocenters. The van der Waals surface area contributed by atoms with Crippen LogP contribution in [0.4, 0.5) is 4.39 Å². The maximum absolute atomic E-state index is 13.6. The highest BCUT2D eigenvalue weighted by Crippen LogP contribution is 2.68. The zero-order chi connectivity index (χ0) is 14.8. The van der Waals surface area contributed by atoms with Crippen LogP contribution in [0.25, 0.3) is 0 Å². The molecule has 0 heterocycles. The lowest BCUT2D eigenvalue weighted by molar-refractivity contribution is -0.155. The van der Waals surface area contributed by atoms with E-state index in [1.165, 1.54) is 31.4 Å². The van der Waals surface area contributed by atoms with E-state index in [0.717, 1.165) is 31.1 Å². The number of hydrogen-bond acceptors (Lipinski definition) is 1. The summed E-state index contributed by atoms with van der Waals surface area (Å²) in [5.41, 5.74) is 0.864. The number of hydrogen-bond donors (Lipinski definition) is 1. The third-order valence-electron chi connectivity index (χ3n) is 6.23. The summed E-state index contributed by atoms with van der Waals surface area (Å²) in [4.78, 5) is 0. The summed E-state index contributed by atoms with van der Waals surface area (Å²) in [6.45, 7) is 2.37. The van der Waals surface area contributed by atoms with Crippen LogP contribution in [-0.4, -0.2) is 5.11 Å². The van der Waals surface area contributed by atoms with Gasteiger partial charge < -0.3 is 5.11 Å². The van der Waals surface area contributed by atoms with Crippen molar-refractivity contribution in [2.24, 2.45) is 22.7 Å². The van der Waals surface area contributed by atoms with Crippen molar-refractivity contribution in [1.82, 2.24) is 0 Å². The van der Waals surface area contributed by atoms with Crippen molar-refractivity contribution in [2.75, 3.05) is 0 Å². The van der Waals surface area contributed by atoms with Crippen LogP contribution in [0.15, 0.2) is 18.2 Å². The maximum Gasteiger partial charge on any atom is 0.123 e. The monoisotopic (exact) mass is 308 g/mol. The van der Waals surface area contributed by atoms with Gasteiger partial charge in [-0.25, -0.2) is 4.39 Å². The molecule has 4 aliphatic carbocycles. The number of rotatable bonds is 2. The fourth-order valence-electron chi connectivity index (χ4n) is 6.17. The molecule has 4 saturated carbocycles. The smallest absolute Gasteiger partial charge is 0.123 e. The van der Waals surface area contributed by atoms with E-state index in [0.29, 0.717) is 16.0 Å². The molecule has 0 amide bonds.